The highest BCUT2D eigenvalue weighted by molar-refractivity contribution is 7.99. The van der Waals surface area contributed by atoms with Gasteiger partial charge in [0, 0.05) is 29.6 Å². The topological polar surface area (TPSA) is 61.9 Å². The number of rotatable bonds is 6. The number of amides is 2. The van der Waals surface area contributed by atoms with Gasteiger partial charge in [0.2, 0.25) is 11.8 Å². The standard InChI is InChI=1S/C20H27F2N3O3S/c1-14(18(26)23-16-2-4-17(5-3-16)29-20(21)22)24-8-6-15(7-9-24)19(27)25-10-12-28-13-11-25/h2-5,14-15,20H,6-13H2,1H3,(H,23,26). The summed E-state index contributed by atoms with van der Waals surface area (Å²) in [5, 5.41) is 2.84. The molecule has 1 unspecified atom stereocenters. The summed E-state index contributed by atoms with van der Waals surface area (Å²) in [4.78, 5) is 29.6. The minimum atomic E-state index is -2.46. The lowest BCUT2D eigenvalue weighted by Gasteiger charge is -2.37. The number of likely N-dealkylation sites (tertiary alicyclic amines) is 1. The highest BCUT2D eigenvalue weighted by Gasteiger charge is 2.32. The summed E-state index contributed by atoms with van der Waals surface area (Å²) >= 11 is 0.476. The Morgan fingerprint density at radius 1 is 1.10 bits per heavy atom. The monoisotopic (exact) mass is 427 g/mol. The van der Waals surface area contributed by atoms with Crippen LogP contribution >= 0.6 is 11.8 Å². The first-order chi connectivity index (χ1) is 13.9. The van der Waals surface area contributed by atoms with Crippen LogP contribution in [0.15, 0.2) is 29.2 Å². The van der Waals surface area contributed by atoms with Crippen LogP contribution in [0.1, 0.15) is 19.8 Å². The van der Waals surface area contributed by atoms with Crippen LogP contribution in [0.3, 0.4) is 0 Å². The summed E-state index contributed by atoms with van der Waals surface area (Å²) in [5.41, 5.74) is 0.581. The largest absolute Gasteiger partial charge is 0.378 e. The Hall–Kier alpha value is -1.71. The molecule has 1 N–H and O–H groups in total. The van der Waals surface area contributed by atoms with E-state index < -0.39 is 5.76 Å². The molecule has 0 aromatic heterocycles. The number of ether oxygens (including phenoxy) is 1. The van der Waals surface area contributed by atoms with Gasteiger partial charge in [-0.25, -0.2) is 0 Å². The van der Waals surface area contributed by atoms with Gasteiger partial charge in [-0.05, 0) is 57.1 Å². The zero-order valence-corrected chi connectivity index (χ0v) is 17.3. The van der Waals surface area contributed by atoms with Crippen LogP contribution in [0, 0.1) is 5.92 Å². The fraction of sp³-hybridized carbons (Fsp3) is 0.600. The molecule has 160 valence electrons. The second-order valence-corrected chi connectivity index (χ2v) is 8.38. The molecular formula is C20H27F2N3O3S. The summed E-state index contributed by atoms with van der Waals surface area (Å²) in [6.07, 6.45) is 1.49. The molecule has 2 aliphatic heterocycles. The van der Waals surface area contributed by atoms with E-state index in [0.29, 0.717) is 61.7 Å². The van der Waals surface area contributed by atoms with E-state index in [1.807, 2.05) is 11.8 Å². The van der Waals surface area contributed by atoms with E-state index >= 15 is 0 Å². The number of piperidine rings is 1. The number of anilines is 1. The fourth-order valence-corrected chi connectivity index (χ4v) is 4.21. The Kier molecular flexibility index (Phi) is 7.85. The fourth-order valence-electron chi connectivity index (χ4n) is 3.71. The van der Waals surface area contributed by atoms with E-state index in [1.165, 1.54) is 0 Å². The summed E-state index contributed by atoms with van der Waals surface area (Å²) in [5.74, 6) is -2.39. The van der Waals surface area contributed by atoms with Crippen molar-refractivity contribution in [1.82, 2.24) is 9.80 Å². The molecule has 0 spiro atoms. The van der Waals surface area contributed by atoms with Crippen molar-refractivity contribution in [3.05, 3.63) is 24.3 Å². The summed E-state index contributed by atoms with van der Waals surface area (Å²) in [7, 11) is 0. The molecule has 2 aliphatic rings. The first-order valence-electron chi connectivity index (χ1n) is 9.90. The Morgan fingerprint density at radius 3 is 2.31 bits per heavy atom. The van der Waals surface area contributed by atoms with Crippen molar-refractivity contribution in [2.75, 3.05) is 44.7 Å². The number of thioether (sulfide) groups is 1. The number of carbonyl (C=O) groups is 2. The van der Waals surface area contributed by atoms with Crippen LogP contribution in [0.5, 0.6) is 0 Å². The van der Waals surface area contributed by atoms with Crippen molar-refractivity contribution in [1.29, 1.82) is 0 Å². The molecule has 9 heteroatoms. The maximum atomic E-state index is 12.6. The Morgan fingerprint density at radius 2 is 1.72 bits per heavy atom. The summed E-state index contributed by atoms with van der Waals surface area (Å²) < 4.78 is 30.1. The van der Waals surface area contributed by atoms with Gasteiger partial charge in [0.1, 0.15) is 0 Å². The summed E-state index contributed by atoms with van der Waals surface area (Å²) in [6, 6.07) is 6.06. The van der Waals surface area contributed by atoms with Gasteiger partial charge < -0.3 is 15.0 Å². The molecule has 2 amide bonds. The van der Waals surface area contributed by atoms with E-state index in [9.17, 15) is 18.4 Å². The van der Waals surface area contributed by atoms with Crippen LogP contribution in [0.4, 0.5) is 14.5 Å². The smallest absolute Gasteiger partial charge is 0.288 e. The van der Waals surface area contributed by atoms with Crippen molar-refractivity contribution >= 4 is 29.3 Å². The van der Waals surface area contributed by atoms with Crippen LogP contribution < -0.4 is 5.32 Å². The van der Waals surface area contributed by atoms with Crippen molar-refractivity contribution in [3.63, 3.8) is 0 Å². The molecule has 1 aromatic carbocycles. The molecule has 0 radical (unpaired) electrons. The number of hydrogen-bond donors (Lipinski definition) is 1. The van der Waals surface area contributed by atoms with Gasteiger partial charge >= 0.3 is 0 Å². The maximum absolute atomic E-state index is 12.6. The lowest BCUT2D eigenvalue weighted by molar-refractivity contribution is -0.141. The number of carbonyl (C=O) groups excluding carboxylic acids is 2. The van der Waals surface area contributed by atoms with Gasteiger partial charge in [-0.1, -0.05) is 11.8 Å². The average Bonchev–Trinajstić information content (AvgIpc) is 2.74. The summed E-state index contributed by atoms with van der Waals surface area (Å²) in [6.45, 7) is 5.76. The molecular weight excluding hydrogens is 400 g/mol. The van der Waals surface area contributed by atoms with Crippen LogP contribution in [-0.2, 0) is 14.3 Å². The number of benzene rings is 1. The highest BCUT2D eigenvalue weighted by Crippen LogP contribution is 2.26. The second-order valence-electron chi connectivity index (χ2n) is 7.32. The number of hydrogen-bond acceptors (Lipinski definition) is 5. The second kappa shape index (κ2) is 10.4. The van der Waals surface area contributed by atoms with Gasteiger partial charge in [0.15, 0.2) is 0 Å². The Labute approximate surface area is 173 Å². The number of nitrogens with one attached hydrogen (secondary N) is 1. The predicted octanol–water partition coefficient (Wildman–Crippen LogP) is 2.90. The third kappa shape index (κ3) is 6.13. The lowest BCUT2D eigenvalue weighted by Crippen LogP contribution is -2.50. The average molecular weight is 428 g/mol. The van der Waals surface area contributed by atoms with Crippen molar-refractivity contribution in [2.24, 2.45) is 5.92 Å². The van der Waals surface area contributed by atoms with Crippen LogP contribution in [0.2, 0.25) is 0 Å². The van der Waals surface area contributed by atoms with Crippen molar-refractivity contribution in [2.45, 2.75) is 36.5 Å². The number of nitrogens with zero attached hydrogens (tertiary/aromatic N) is 2. The Bertz CT molecular complexity index is 691. The molecule has 0 saturated carbocycles. The third-order valence-corrected chi connectivity index (χ3v) is 6.20. The minimum absolute atomic E-state index is 0.0134. The minimum Gasteiger partial charge on any atom is -0.378 e. The van der Waals surface area contributed by atoms with Crippen molar-refractivity contribution < 1.29 is 23.1 Å². The lowest BCUT2D eigenvalue weighted by atomic mass is 9.94. The molecule has 6 nitrogen and oxygen atoms in total. The highest BCUT2D eigenvalue weighted by atomic mass is 32.2. The number of morpholine rings is 1. The van der Waals surface area contributed by atoms with Crippen molar-refractivity contribution in [3.8, 4) is 0 Å². The Balaban J connectivity index is 1.46. The molecule has 1 atom stereocenters. The predicted molar refractivity (Wildman–Crippen MR) is 108 cm³/mol. The van der Waals surface area contributed by atoms with E-state index in [-0.39, 0.29) is 23.8 Å². The third-order valence-electron chi connectivity index (χ3n) is 5.48. The molecule has 1 aromatic rings. The molecule has 2 fully saturated rings. The SMILES string of the molecule is CC(C(=O)Nc1ccc(SC(F)F)cc1)N1CCC(C(=O)N2CCOCC2)CC1. The molecule has 29 heavy (non-hydrogen) atoms. The molecule has 0 aliphatic carbocycles. The zero-order chi connectivity index (χ0) is 20.8. The van der Waals surface area contributed by atoms with Crippen LogP contribution in [0.25, 0.3) is 0 Å². The zero-order valence-electron chi connectivity index (χ0n) is 16.5. The van der Waals surface area contributed by atoms with E-state index in [1.54, 1.807) is 24.3 Å². The molecule has 0 bridgehead atoms. The normalized spacial score (nSPS) is 19.9. The van der Waals surface area contributed by atoms with E-state index in [0.717, 1.165) is 12.8 Å². The van der Waals surface area contributed by atoms with Gasteiger partial charge in [0.05, 0.1) is 19.3 Å². The van der Waals surface area contributed by atoms with Crippen LogP contribution in [-0.4, -0.2) is 72.8 Å². The first kappa shape index (κ1) is 22.0. The number of halogens is 2. The van der Waals surface area contributed by atoms with E-state index in [2.05, 4.69) is 10.2 Å². The van der Waals surface area contributed by atoms with Gasteiger partial charge in [-0.3, -0.25) is 14.5 Å². The molecule has 3 rings (SSSR count). The van der Waals surface area contributed by atoms with Gasteiger partial charge in [0.25, 0.3) is 5.76 Å². The van der Waals surface area contributed by atoms with E-state index in [4.69, 9.17) is 4.74 Å². The molecule has 2 saturated heterocycles. The first-order valence-corrected chi connectivity index (χ1v) is 10.8. The van der Waals surface area contributed by atoms with Gasteiger partial charge in [-0.15, -0.1) is 0 Å². The van der Waals surface area contributed by atoms with Gasteiger partial charge in [-0.2, -0.15) is 8.78 Å². The molecule has 2 heterocycles. The maximum Gasteiger partial charge on any atom is 0.288 e. The number of alkyl halides is 2. The quantitative estimate of drug-likeness (QED) is 0.708.